The Morgan fingerprint density at radius 1 is 1.23 bits per heavy atom. The van der Waals surface area contributed by atoms with E-state index in [0.717, 1.165) is 0 Å². The van der Waals surface area contributed by atoms with Gasteiger partial charge in [0.15, 0.2) is 0 Å². The summed E-state index contributed by atoms with van der Waals surface area (Å²) in [5.41, 5.74) is 4.14. The maximum absolute atomic E-state index is 12.8. The molecular formula is C14H18ClF3N2OS. The van der Waals surface area contributed by atoms with Crippen LogP contribution in [-0.2, 0) is 16.9 Å². The molecule has 0 unspecified atom stereocenters. The highest BCUT2D eigenvalue weighted by molar-refractivity contribution is 7.88. The van der Waals surface area contributed by atoms with Gasteiger partial charge in [-0.15, -0.1) is 0 Å². The van der Waals surface area contributed by atoms with E-state index < -0.39 is 28.3 Å². The molecule has 2 N–H and O–H groups in total. The zero-order valence-corrected chi connectivity index (χ0v) is 14.2. The van der Waals surface area contributed by atoms with Crippen LogP contribution in [0.2, 0.25) is 5.02 Å². The molecule has 0 saturated heterocycles. The maximum atomic E-state index is 12.8. The van der Waals surface area contributed by atoms with Crippen molar-refractivity contribution in [2.24, 2.45) is 4.36 Å². The average molecular weight is 355 g/mol. The summed E-state index contributed by atoms with van der Waals surface area (Å²) in [6.45, 7) is 7.62. The minimum Gasteiger partial charge on any atom is -0.397 e. The fraction of sp³-hybridized carbons (Fsp3) is 0.500. The second kappa shape index (κ2) is 7.00. The van der Waals surface area contributed by atoms with Crippen LogP contribution in [0.1, 0.15) is 43.6 Å². The summed E-state index contributed by atoms with van der Waals surface area (Å²) in [6, 6.07) is 1.41. The molecule has 1 aromatic rings. The summed E-state index contributed by atoms with van der Waals surface area (Å²) in [5, 5.41) is -0.0970. The van der Waals surface area contributed by atoms with Gasteiger partial charge in [-0.3, -0.25) is 4.79 Å². The maximum Gasteiger partial charge on any atom is 0.416 e. The van der Waals surface area contributed by atoms with E-state index in [1.54, 1.807) is 0 Å². The minimum absolute atomic E-state index is 0.103. The third-order valence-corrected chi connectivity index (χ3v) is 5.46. The van der Waals surface area contributed by atoms with Crippen LogP contribution < -0.4 is 5.73 Å². The van der Waals surface area contributed by atoms with Crippen molar-refractivity contribution in [1.29, 1.82) is 0 Å². The molecular weight excluding hydrogens is 337 g/mol. The van der Waals surface area contributed by atoms with Gasteiger partial charge in [-0.05, 0) is 12.1 Å². The summed E-state index contributed by atoms with van der Waals surface area (Å²) in [7, 11) is -0.606. The number of benzene rings is 1. The number of nitrogens with zero attached hydrogens (tertiary/aromatic N) is 1. The molecule has 0 radical (unpaired) electrons. The lowest BCUT2D eigenvalue weighted by Crippen LogP contribution is -2.18. The average Bonchev–Trinajstić information content (AvgIpc) is 2.36. The van der Waals surface area contributed by atoms with E-state index in [4.69, 9.17) is 17.3 Å². The van der Waals surface area contributed by atoms with E-state index in [2.05, 4.69) is 4.36 Å². The molecule has 0 saturated carbocycles. The number of nitrogen functional groups attached to an aromatic ring is 1. The molecule has 0 fully saturated rings. The SMILES string of the molecule is CC(C)S(=NC(=O)c1cc(C(F)(F)F)cc(Cl)c1N)C(C)C. The van der Waals surface area contributed by atoms with Crippen molar-refractivity contribution >= 4 is 33.9 Å². The van der Waals surface area contributed by atoms with E-state index in [1.165, 1.54) is 0 Å². The first-order chi connectivity index (χ1) is 9.95. The van der Waals surface area contributed by atoms with E-state index in [9.17, 15) is 18.0 Å². The summed E-state index contributed by atoms with van der Waals surface area (Å²) < 4.78 is 42.5. The molecule has 0 atom stereocenters. The Labute approximate surface area is 135 Å². The monoisotopic (exact) mass is 354 g/mol. The fourth-order valence-corrected chi connectivity index (χ4v) is 3.88. The Kier molecular flexibility index (Phi) is 6.03. The van der Waals surface area contributed by atoms with Gasteiger partial charge in [-0.1, -0.05) is 50.0 Å². The molecule has 1 amide bonds. The van der Waals surface area contributed by atoms with Gasteiger partial charge in [0.1, 0.15) is 0 Å². The first kappa shape index (κ1) is 19.0. The molecule has 0 aromatic heterocycles. The molecule has 0 aliphatic carbocycles. The van der Waals surface area contributed by atoms with Crippen LogP contribution in [-0.4, -0.2) is 16.4 Å². The Morgan fingerprint density at radius 3 is 2.14 bits per heavy atom. The predicted octanol–water partition coefficient (Wildman–Crippen LogP) is 4.70. The van der Waals surface area contributed by atoms with Crippen LogP contribution >= 0.6 is 11.6 Å². The van der Waals surface area contributed by atoms with Gasteiger partial charge < -0.3 is 5.73 Å². The molecule has 0 aliphatic heterocycles. The molecule has 1 rings (SSSR count). The molecule has 0 spiro atoms. The molecule has 8 heteroatoms. The van der Waals surface area contributed by atoms with Gasteiger partial charge in [0.25, 0.3) is 5.91 Å². The number of carbonyl (C=O) groups is 1. The molecule has 0 aliphatic rings. The van der Waals surface area contributed by atoms with Gasteiger partial charge in [-0.2, -0.15) is 17.5 Å². The minimum atomic E-state index is -4.61. The molecule has 0 bridgehead atoms. The third-order valence-electron chi connectivity index (χ3n) is 2.84. The molecule has 124 valence electrons. The second-order valence-electron chi connectivity index (χ2n) is 5.26. The molecule has 0 heterocycles. The number of rotatable bonds is 3. The number of alkyl halides is 3. The normalized spacial score (nSPS) is 12.3. The van der Waals surface area contributed by atoms with Gasteiger partial charge in [-0.25, -0.2) is 0 Å². The van der Waals surface area contributed by atoms with Crippen molar-refractivity contribution in [3.05, 3.63) is 28.3 Å². The van der Waals surface area contributed by atoms with Crippen LogP contribution in [0.5, 0.6) is 0 Å². The van der Waals surface area contributed by atoms with Crippen LogP contribution in [0.25, 0.3) is 0 Å². The van der Waals surface area contributed by atoms with Crippen LogP contribution in [0.15, 0.2) is 16.5 Å². The number of hydrogen-bond donors (Lipinski definition) is 1. The summed E-state index contributed by atoms with van der Waals surface area (Å²) >= 11 is 5.71. The van der Waals surface area contributed by atoms with E-state index in [1.807, 2.05) is 27.7 Å². The quantitative estimate of drug-likeness (QED) is 0.800. The Balaban J connectivity index is 3.40. The Bertz CT molecular complexity index is 603. The molecule has 3 nitrogen and oxygen atoms in total. The standard InChI is InChI=1S/C14H18ClF3N2OS/c1-7(2)22(8(3)4)20-13(21)10-5-9(14(16,17)18)6-11(15)12(10)19/h5-8H,19H2,1-4H3. The van der Waals surface area contributed by atoms with Gasteiger partial charge in [0.05, 0.1) is 21.8 Å². The summed E-state index contributed by atoms with van der Waals surface area (Å²) in [5.74, 6) is -0.767. The van der Waals surface area contributed by atoms with Gasteiger partial charge in [0, 0.05) is 10.5 Å². The van der Waals surface area contributed by atoms with E-state index in [0.29, 0.717) is 12.1 Å². The fourth-order valence-electron chi connectivity index (χ4n) is 1.86. The number of hydrogen-bond acceptors (Lipinski definition) is 2. The number of halogens is 4. The summed E-state index contributed by atoms with van der Waals surface area (Å²) in [6.07, 6.45) is -4.61. The second-order valence-corrected chi connectivity index (χ2v) is 8.43. The highest BCUT2D eigenvalue weighted by Crippen LogP contribution is 2.35. The number of nitrogens with two attached hydrogens (primary N) is 1. The van der Waals surface area contributed by atoms with Crippen LogP contribution in [0, 0.1) is 0 Å². The highest BCUT2D eigenvalue weighted by Gasteiger charge is 2.32. The van der Waals surface area contributed by atoms with Crippen molar-refractivity contribution in [3.63, 3.8) is 0 Å². The number of carbonyl (C=O) groups excluding carboxylic acids is 1. The van der Waals surface area contributed by atoms with Crippen molar-refractivity contribution in [1.82, 2.24) is 0 Å². The van der Waals surface area contributed by atoms with Gasteiger partial charge in [0.2, 0.25) is 0 Å². The first-order valence-corrected chi connectivity index (χ1v) is 8.28. The Morgan fingerprint density at radius 2 is 1.73 bits per heavy atom. The summed E-state index contributed by atoms with van der Waals surface area (Å²) in [4.78, 5) is 12.3. The van der Waals surface area contributed by atoms with Crippen LogP contribution in [0.4, 0.5) is 18.9 Å². The number of anilines is 1. The van der Waals surface area contributed by atoms with Crippen molar-refractivity contribution in [2.75, 3.05) is 5.73 Å². The molecule has 22 heavy (non-hydrogen) atoms. The Hall–Kier alpha value is -1.08. The van der Waals surface area contributed by atoms with Crippen molar-refractivity contribution in [3.8, 4) is 0 Å². The molecule has 1 aromatic carbocycles. The lowest BCUT2D eigenvalue weighted by molar-refractivity contribution is -0.137. The zero-order valence-electron chi connectivity index (χ0n) is 12.7. The zero-order chi connectivity index (χ0) is 17.2. The predicted molar refractivity (Wildman–Crippen MR) is 85.3 cm³/mol. The smallest absolute Gasteiger partial charge is 0.397 e. The lowest BCUT2D eigenvalue weighted by Gasteiger charge is -2.16. The lowest BCUT2D eigenvalue weighted by atomic mass is 10.1. The largest absolute Gasteiger partial charge is 0.416 e. The van der Waals surface area contributed by atoms with Gasteiger partial charge >= 0.3 is 6.18 Å². The van der Waals surface area contributed by atoms with Crippen molar-refractivity contribution in [2.45, 2.75) is 44.4 Å². The topological polar surface area (TPSA) is 55.5 Å². The van der Waals surface area contributed by atoms with E-state index in [-0.39, 0.29) is 26.8 Å². The third kappa shape index (κ3) is 4.46. The van der Waals surface area contributed by atoms with Crippen LogP contribution in [0.3, 0.4) is 0 Å². The van der Waals surface area contributed by atoms with E-state index >= 15 is 0 Å². The highest BCUT2D eigenvalue weighted by atomic mass is 35.5. The van der Waals surface area contributed by atoms with Crippen molar-refractivity contribution < 1.29 is 18.0 Å². The first-order valence-electron chi connectivity index (χ1n) is 6.59. The number of amides is 1.